The minimum absolute atomic E-state index is 0.132. The Balaban J connectivity index is 2.35. The van der Waals surface area contributed by atoms with Gasteiger partial charge in [0.15, 0.2) is 0 Å². The summed E-state index contributed by atoms with van der Waals surface area (Å²) in [5, 5.41) is 2.94. The van der Waals surface area contributed by atoms with Crippen molar-refractivity contribution in [2.75, 3.05) is 19.4 Å². The molecule has 0 saturated heterocycles. The molecule has 3 heteroatoms. The van der Waals surface area contributed by atoms with Crippen molar-refractivity contribution < 1.29 is 4.79 Å². The van der Waals surface area contributed by atoms with E-state index in [9.17, 15) is 4.79 Å². The summed E-state index contributed by atoms with van der Waals surface area (Å²) < 4.78 is 0. The van der Waals surface area contributed by atoms with Crippen LogP contribution in [0.4, 0.5) is 5.69 Å². The highest BCUT2D eigenvalue weighted by Crippen LogP contribution is 2.26. The number of carbonyl (C=O) groups is 1. The molecule has 0 aliphatic carbocycles. The molecule has 0 bridgehead atoms. The van der Waals surface area contributed by atoms with Gasteiger partial charge in [0.2, 0.25) is 5.91 Å². The van der Waals surface area contributed by atoms with Crippen LogP contribution in [0.2, 0.25) is 0 Å². The van der Waals surface area contributed by atoms with Gasteiger partial charge in [0.25, 0.3) is 0 Å². The topological polar surface area (TPSA) is 32.3 Å². The minimum atomic E-state index is 0.132. The Morgan fingerprint density at radius 1 is 1.31 bits per heavy atom. The van der Waals surface area contributed by atoms with Crippen LogP contribution in [0.5, 0.6) is 0 Å². The number of carbonyl (C=O) groups excluding carboxylic acids is 1. The number of nitrogens with one attached hydrogen (secondary N) is 1. The normalized spacial score (nSPS) is 14.9. The van der Waals surface area contributed by atoms with Gasteiger partial charge in [-0.2, -0.15) is 0 Å². The van der Waals surface area contributed by atoms with Gasteiger partial charge in [0, 0.05) is 18.7 Å². The fourth-order valence-corrected chi connectivity index (χ4v) is 2.11. The lowest BCUT2D eigenvalue weighted by atomic mass is 9.97. The summed E-state index contributed by atoms with van der Waals surface area (Å²) in [6.45, 7) is 3.05. The Hall–Kier alpha value is -1.35. The molecule has 1 aliphatic heterocycles. The average Bonchev–Trinajstić information content (AvgIpc) is 2.19. The Labute approximate surface area is 96.5 Å². The molecule has 1 aliphatic rings. The number of anilines is 1. The van der Waals surface area contributed by atoms with Crippen molar-refractivity contribution in [3.05, 3.63) is 28.8 Å². The first kappa shape index (κ1) is 11.1. The van der Waals surface area contributed by atoms with E-state index < -0.39 is 0 Å². The molecule has 1 amide bonds. The lowest BCUT2D eigenvalue weighted by molar-refractivity contribution is -0.116. The van der Waals surface area contributed by atoms with Crippen molar-refractivity contribution in [2.24, 2.45) is 0 Å². The Morgan fingerprint density at radius 3 is 2.75 bits per heavy atom. The number of rotatable bonds is 2. The SMILES string of the molecule is Cc1cc2c(cc1CN(C)C)NC(=O)CC2. The Morgan fingerprint density at radius 2 is 2.06 bits per heavy atom. The van der Waals surface area contributed by atoms with Gasteiger partial charge in [0.05, 0.1) is 0 Å². The maximum atomic E-state index is 11.3. The first-order valence-corrected chi connectivity index (χ1v) is 5.63. The highest BCUT2D eigenvalue weighted by molar-refractivity contribution is 5.94. The van der Waals surface area contributed by atoms with E-state index in [1.165, 1.54) is 16.7 Å². The van der Waals surface area contributed by atoms with E-state index in [-0.39, 0.29) is 5.91 Å². The van der Waals surface area contributed by atoms with Gasteiger partial charge in [-0.15, -0.1) is 0 Å². The molecule has 3 nitrogen and oxygen atoms in total. The number of fused-ring (bicyclic) bond motifs is 1. The maximum Gasteiger partial charge on any atom is 0.224 e. The quantitative estimate of drug-likeness (QED) is 0.822. The van der Waals surface area contributed by atoms with E-state index in [0.29, 0.717) is 6.42 Å². The monoisotopic (exact) mass is 218 g/mol. The summed E-state index contributed by atoms with van der Waals surface area (Å²) in [6, 6.07) is 4.31. The molecule has 0 spiro atoms. The summed E-state index contributed by atoms with van der Waals surface area (Å²) in [6.07, 6.45) is 1.48. The van der Waals surface area contributed by atoms with E-state index in [0.717, 1.165) is 18.7 Å². The molecule has 0 saturated carbocycles. The summed E-state index contributed by atoms with van der Waals surface area (Å²) in [5.74, 6) is 0.132. The van der Waals surface area contributed by atoms with Gasteiger partial charge < -0.3 is 10.2 Å². The molecule has 1 aromatic carbocycles. The molecule has 0 unspecified atom stereocenters. The molecule has 0 fully saturated rings. The molecule has 86 valence electrons. The van der Waals surface area contributed by atoms with Crippen molar-refractivity contribution in [3.63, 3.8) is 0 Å². The van der Waals surface area contributed by atoms with Crippen molar-refractivity contribution >= 4 is 11.6 Å². The molecule has 1 heterocycles. The molecule has 1 N–H and O–H groups in total. The lowest BCUT2D eigenvalue weighted by Crippen LogP contribution is -2.20. The Bertz CT molecular complexity index is 424. The zero-order chi connectivity index (χ0) is 11.7. The van der Waals surface area contributed by atoms with Crippen LogP contribution in [0.1, 0.15) is 23.1 Å². The van der Waals surface area contributed by atoms with Gasteiger partial charge in [-0.25, -0.2) is 0 Å². The predicted molar refractivity (Wildman–Crippen MR) is 65.5 cm³/mol. The number of nitrogens with zero attached hydrogens (tertiary/aromatic N) is 1. The van der Waals surface area contributed by atoms with Crippen LogP contribution >= 0.6 is 0 Å². The molecule has 0 radical (unpaired) electrons. The van der Waals surface area contributed by atoms with Crippen LogP contribution in [-0.2, 0) is 17.8 Å². The molecule has 0 aromatic heterocycles. The third kappa shape index (κ3) is 2.25. The van der Waals surface area contributed by atoms with Crippen molar-refractivity contribution in [1.29, 1.82) is 0 Å². The molecule has 0 atom stereocenters. The van der Waals surface area contributed by atoms with Crippen LogP contribution < -0.4 is 5.32 Å². The largest absolute Gasteiger partial charge is 0.326 e. The summed E-state index contributed by atoms with van der Waals surface area (Å²) in [4.78, 5) is 13.5. The lowest BCUT2D eigenvalue weighted by Gasteiger charge is -2.20. The number of hydrogen-bond donors (Lipinski definition) is 1. The van der Waals surface area contributed by atoms with Gasteiger partial charge >= 0.3 is 0 Å². The van der Waals surface area contributed by atoms with Crippen molar-refractivity contribution in [1.82, 2.24) is 4.90 Å². The van der Waals surface area contributed by atoms with Gasteiger partial charge in [-0.3, -0.25) is 4.79 Å². The highest BCUT2D eigenvalue weighted by Gasteiger charge is 2.16. The van der Waals surface area contributed by atoms with Gasteiger partial charge in [0.1, 0.15) is 0 Å². The maximum absolute atomic E-state index is 11.3. The van der Waals surface area contributed by atoms with Gasteiger partial charge in [-0.05, 0) is 50.2 Å². The number of hydrogen-bond acceptors (Lipinski definition) is 2. The summed E-state index contributed by atoms with van der Waals surface area (Å²) in [7, 11) is 4.11. The second-order valence-corrected chi connectivity index (χ2v) is 4.72. The standard InChI is InChI=1S/C13H18N2O/c1-9-6-10-4-5-13(16)14-12(10)7-11(9)8-15(2)3/h6-7H,4-5,8H2,1-3H3,(H,14,16). The van der Waals surface area contributed by atoms with E-state index >= 15 is 0 Å². The van der Waals surface area contributed by atoms with Crippen molar-refractivity contribution in [3.8, 4) is 0 Å². The van der Waals surface area contributed by atoms with E-state index in [2.05, 4.69) is 43.4 Å². The smallest absolute Gasteiger partial charge is 0.224 e. The van der Waals surface area contributed by atoms with E-state index in [4.69, 9.17) is 0 Å². The van der Waals surface area contributed by atoms with Crippen LogP contribution in [0.25, 0.3) is 0 Å². The van der Waals surface area contributed by atoms with Gasteiger partial charge in [-0.1, -0.05) is 6.07 Å². The second-order valence-electron chi connectivity index (χ2n) is 4.72. The Kier molecular flexibility index (Phi) is 2.97. The van der Waals surface area contributed by atoms with Crippen LogP contribution in [-0.4, -0.2) is 24.9 Å². The fraction of sp³-hybridized carbons (Fsp3) is 0.462. The molecular formula is C13H18N2O. The molecule has 2 rings (SSSR count). The number of benzene rings is 1. The minimum Gasteiger partial charge on any atom is -0.326 e. The first-order chi connectivity index (χ1) is 7.56. The molecule has 16 heavy (non-hydrogen) atoms. The first-order valence-electron chi connectivity index (χ1n) is 5.63. The molecule has 1 aromatic rings. The summed E-state index contributed by atoms with van der Waals surface area (Å²) in [5.41, 5.74) is 4.85. The zero-order valence-electron chi connectivity index (χ0n) is 10.1. The fourth-order valence-electron chi connectivity index (χ4n) is 2.11. The number of aryl methyl sites for hydroxylation is 2. The van der Waals surface area contributed by atoms with Crippen LogP contribution in [0.15, 0.2) is 12.1 Å². The second kappa shape index (κ2) is 4.26. The highest BCUT2D eigenvalue weighted by atomic mass is 16.1. The van der Waals surface area contributed by atoms with E-state index in [1.54, 1.807) is 0 Å². The third-order valence-electron chi connectivity index (χ3n) is 2.94. The van der Waals surface area contributed by atoms with Crippen LogP contribution in [0.3, 0.4) is 0 Å². The molecular weight excluding hydrogens is 200 g/mol. The van der Waals surface area contributed by atoms with E-state index in [1.807, 2.05) is 0 Å². The zero-order valence-corrected chi connectivity index (χ0v) is 10.1. The predicted octanol–water partition coefficient (Wildman–Crippen LogP) is 1.94. The van der Waals surface area contributed by atoms with Crippen molar-refractivity contribution in [2.45, 2.75) is 26.3 Å². The third-order valence-corrected chi connectivity index (χ3v) is 2.94. The number of amides is 1. The average molecular weight is 218 g/mol. The van der Waals surface area contributed by atoms with Crippen LogP contribution in [0, 0.1) is 6.92 Å². The summed E-state index contributed by atoms with van der Waals surface area (Å²) >= 11 is 0.